The van der Waals surface area contributed by atoms with Crippen molar-refractivity contribution in [2.75, 3.05) is 18.1 Å². The number of anilines is 1. The van der Waals surface area contributed by atoms with E-state index in [0.29, 0.717) is 6.42 Å². The molecule has 22 heavy (non-hydrogen) atoms. The van der Waals surface area contributed by atoms with Gasteiger partial charge in [0.25, 0.3) is 0 Å². The van der Waals surface area contributed by atoms with Crippen LogP contribution in [0.5, 0.6) is 0 Å². The molecular weight excluding hydrogens is 287 g/mol. The Kier molecular flexibility index (Phi) is 5.13. The molecular formula is C16H21FN2O3. The molecule has 0 radical (unpaired) electrons. The van der Waals surface area contributed by atoms with Gasteiger partial charge in [0.2, 0.25) is 11.8 Å². The first kappa shape index (κ1) is 16.4. The Morgan fingerprint density at radius 1 is 1.55 bits per heavy atom. The van der Waals surface area contributed by atoms with E-state index < -0.39 is 11.7 Å². The molecule has 2 unspecified atom stereocenters. The lowest BCUT2D eigenvalue weighted by molar-refractivity contribution is -0.126. The van der Waals surface area contributed by atoms with E-state index in [4.69, 9.17) is 5.11 Å². The smallest absolute Gasteiger partial charge is 0.227 e. The van der Waals surface area contributed by atoms with Crippen LogP contribution < -0.4 is 10.2 Å². The number of halogens is 1. The molecule has 5 nitrogen and oxygen atoms in total. The number of aliphatic hydroxyl groups is 1. The molecule has 120 valence electrons. The number of nitrogens with zero attached hydrogens (tertiary/aromatic N) is 1. The number of rotatable bonds is 5. The van der Waals surface area contributed by atoms with Crippen LogP contribution >= 0.6 is 0 Å². The number of aryl methyl sites for hydroxylation is 1. The summed E-state index contributed by atoms with van der Waals surface area (Å²) in [4.78, 5) is 25.5. The number of hydrogen-bond donors (Lipinski definition) is 2. The monoisotopic (exact) mass is 308 g/mol. The average Bonchev–Trinajstić information content (AvgIpc) is 2.81. The van der Waals surface area contributed by atoms with Crippen LogP contribution in [0.15, 0.2) is 18.2 Å². The number of aliphatic hydroxyl groups excluding tert-OH is 1. The summed E-state index contributed by atoms with van der Waals surface area (Å²) in [6.45, 7) is 3.74. The van der Waals surface area contributed by atoms with E-state index in [1.807, 2.05) is 0 Å². The molecule has 1 aliphatic heterocycles. The molecule has 1 aromatic carbocycles. The van der Waals surface area contributed by atoms with Gasteiger partial charge in [0, 0.05) is 25.6 Å². The minimum absolute atomic E-state index is 0.00819. The van der Waals surface area contributed by atoms with E-state index in [1.165, 1.54) is 11.0 Å². The fourth-order valence-corrected chi connectivity index (χ4v) is 2.57. The molecule has 2 atom stereocenters. The highest BCUT2D eigenvalue weighted by molar-refractivity contribution is 6.00. The van der Waals surface area contributed by atoms with Crippen molar-refractivity contribution in [2.24, 2.45) is 5.92 Å². The van der Waals surface area contributed by atoms with Gasteiger partial charge in [-0.05, 0) is 38.0 Å². The molecule has 2 N–H and O–H groups in total. The zero-order valence-corrected chi connectivity index (χ0v) is 12.8. The number of nitrogens with one attached hydrogen (secondary N) is 1. The minimum atomic E-state index is -0.491. The van der Waals surface area contributed by atoms with Crippen molar-refractivity contribution in [2.45, 2.75) is 32.7 Å². The number of carbonyl (C=O) groups is 2. The van der Waals surface area contributed by atoms with E-state index in [1.54, 1.807) is 26.0 Å². The Morgan fingerprint density at radius 3 is 2.91 bits per heavy atom. The standard InChI is InChI=1S/C16H21FN2O3/c1-10-3-4-14(13(17)7-10)19-9-12(8-15(19)21)16(22)18-11(2)5-6-20/h3-4,7,11-12,20H,5-6,8-9H2,1-2H3,(H,18,22). The van der Waals surface area contributed by atoms with Gasteiger partial charge in [-0.25, -0.2) is 4.39 Å². The molecule has 1 heterocycles. The molecule has 2 amide bonds. The van der Waals surface area contributed by atoms with Crippen molar-refractivity contribution in [3.05, 3.63) is 29.6 Å². The Labute approximate surface area is 129 Å². The maximum atomic E-state index is 14.0. The summed E-state index contributed by atoms with van der Waals surface area (Å²) in [6.07, 6.45) is 0.535. The van der Waals surface area contributed by atoms with Crippen molar-refractivity contribution in [1.29, 1.82) is 0 Å². The zero-order chi connectivity index (χ0) is 16.3. The molecule has 1 fully saturated rings. The predicted octanol–water partition coefficient (Wildman–Crippen LogP) is 1.37. The van der Waals surface area contributed by atoms with E-state index in [9.17, 15) is 14.0 Å². The number of amides is 2. The second-order valence-corrected chi connectivity index (χ2v) is 5.78. The van der Waals surface area contributed by atoms with Gasteiger partial charge in [0.1, 0.15) is 5.82 Å². The van der Waals surface area contributed by atoms with Crippen molar-refractivity contribution >= 4 is 17.5 Å². The van der Waals surface area contributed by atoms with E-state index in [2.05, 4.69) is 5.32 Å². The topological polar surface area (TPSA) is 69.6 Å². The summed E-state index contributed by atoms with van der Waals surface area (Å²) in [5, 5.41) is 11.6. The van der Waals surface area contributed by atoms with E-state index in [-0.39, 0.29) is 43.1 Å². The van der Waals surface area contributed by atoms with Crippen LogP contribution in [0.3, 0.4) is 0 Å². The fraction of sp³-hybridized carbons (Fsp3) is 0.500. The van der Waals surface area contributed by atoms with Gasteiger partial charge in [-0.2, -0.15) is 0 Å². The molecule has 2 rings (SSSR count). The summed E-state index contributed by atoms with van der Waals surface area (Å²) >= 11 is 0. The van der Waals surface area contributed by atoms with Crippen LogP contribution in [0.4, 0.5) is 10.1 Å². The van der Waals surface area contributed by atoms with E-state index >= 15 is 0 Å². The van der Waals surface area contributed by atoms with Crippen molar-refractivity contribution in [3.63, 3.8) is 0 Å². The van der Waals surface area contributed by atoms with Crippen LogP contribution in [0.1, 0.15) is 25.3 Å². The highest BCUT2D eigenvalue weighted by Crippen LogP contribution is 2.28. The molecule has 1 aromatic rings. The highest BCUT2D eigenvalue weighted by Gasteiger charge is 2.36. The van der Waals surface area contributed by atoms with Gasteiger partial charge in [-0.15, -0.1) is 0 Å². The quantitative estimate of drug-likeness (QED) is 0.863. The average molecular weight is 308 g/mol. The normalized spacial score (nSPS) is 19.4. The van der Waals surface area contributed by atoms with Crippen LogP contribution in [0, 0.1) is 18.7 Å². The second kappa shape index (κ2) is 6.87. The SMILES string of the molecule is Cc1ccc(N2CC(C(=O)NC(C)CCO)CC2=O)c(F)c1. The summed E-state index contributed by atoms with van der Waals surface area (Å²) in [7, 11) is 0. The lowest BCUT2D eigenvalue weighted by atomic mass is 10.1. The van der Waals surface area contributed by atoms with Gasteiger partial charge in [0.05, 0.1) is 11.6 Å². The van der Waals surface area contributed by atoms with Crippen molar-refractivity contribution in [1.82, 2.24) is 5.32 Å². The van der Waals surface area contributed by atoms with Crippen LogP contribution in [0.2, 0.25) is 0 Å². The maximum Gasteiger partial charge on any atom is 0.227 e. The first-order chi connectivity index (χ1) is 10.4. The molecule has 1 aliphatic rings. The Balaban J connectivity index is 2.06. The molecule has 0 spiro atoms. The Bertz CT molecular complexity index is 577. The van der Waals surface area contributed by atoms with Gasteiger partial charge in [0.15, 0.2) is 0 Å². The fourth-order valence-electron chi connectivity index (χ4n) is 2.57. The van der Waals surface area contributed by atoms with Crippen LogP contribution in [0.25, 0.3) is 0 Å². The molecule has 6 heteroatoms. The number of benzene rings is 1. The number of carbonyl (C=O) groups excluding carboxylic acids is 2. The second-order valence-electron chi connectivity index (χ2n) is 5.78. The lowest BCUT2D eigenvalue weighted by Crippen LogP contribution is -2.38. The van der Waals surface area contributed by atoms with Gasteiger partial charge in [-0.3, -0.25) is 9.59 Å². The predicted molar refractivity (Wildman–Crippen MR) is 80.9 cm³/mol. The van der Waals surface area contributed by atoms with E-state index in [0.717, 1.165) is 5.56 Å². The highest BCUT2D eigenvalue weighted by atomic mass is 19.1. The summed E-state index contributed by atoms with van der Waals surface area (Å²) in [5.41, 5.74) is 0.995. The number of hydrogen-bond acceptors (Lipinski definition) is 3. The van der Waals surface area contributed by atoms with Gasteiger partial charge >= 0.3 is 0 Å². The third kappa shape index (κ3) is 3.62. The third-order valence-corrected chi connectivity index (χ3v) is 3.84. The summed E-state index contributed by atoms with van der Waals surface area (Å²) in [6, 6.07) is 4.52. The van der Waals surface area contributed by atoms with Crippen molar-refractivity contribution < 1.29 is 19.1 Å². The molecule has 0 aromatic heterocycles. The maximum absolute atomic E-state index is 14.0. The summed E-state index contributed by atoms with van der Waals surface area (Å²) in [5.74, 6) is -1.43. The van der Waals surface area contributed by atoms with Crippen LogP contribution in [-0.2, 0) is 9.59 Å². The molecule has 0 saturated carbocycles. The molecule has 0 aliphatic carbocycles. The third-order valence-electron chi connectivity index (χ3n) is 3.84. The Morgan fingerprint density at radius 2 is 2.27 bits per heavy atom. The largest absolute Gasteiger partial charge is 0.396 e. The van der Waals surface area contributed by atoms with Gasteiger partial charge < -0.3 is 15.3 Å². The minimum Gasteiger partial charge on any atom is -0.396 e. The molecule has 1 saturated heterocycles. The summed E-state index contributed by atoms with van der Waals surface area (Å²) < 4.78 is 14.0. The lowest BCUT2D eigenvalue weighted by Gasteiger charge is -2.19. The Hall–Kier alpha value is -1.95. The van der Waals surface area contributed by atoms with Crippen LogP contribution in [-0.4, -0.2) is 36.1 Å². The first-order valence-corrected chi connectivity index (χ1v) is 7.40. The van der Waals surface area contributed by atoms with Crippen molar-refractivity contribution in [3.8, 4) is 0 Å². The molecule has 0 bridgehead atoms. The zero-order valence-electron chi connectivity index (χ0n) is 12.8. The first-order valence-electron chi connectivity index (χ1n) is 7.40. The van der Waals surface area contributed by atoms with Gasteiger partial charge in [-0.1, -0.05) is 6.07 Å².